The Morgan fingerprint density at radius 2 is 1.76 bits per heavy atom. The predicted molar refractivity (Wildman–Crippen MR) is 74.4 cm³/mol. The van der Waals surface area contributed by atoms with E-state index in [-0.39, 0.29) is 0 Å². The zero-order valence-electron chi connectivity index (χ0n) is 12.2. The Morgan fingerprint density at radius 3 is 2.35 bits per heavy atom. The highest BCUT2D eigenvalue weighted by atomic mass is 16.5. The molecule has 0 saturated carbocycles. The summed E-state index contributed by atoms with van der Waals surface area (Å²) in [6.07, 6.45) is 9.98. The molecule has 0 aliphatic carbocycles. The highest BCUT2D eigenvalue weighted by molar-refractivity contribution is 4.80. The highest BCUT2D eigenvalue weighted by Gasteiger charge is 2.24. The Morgan fingerprint density at radius 1 is 1.12 bits per heavy atom. The van der Waals surface area contributed by atoms with Crippen LogP contribution in [0.4, 0.5) is 0 Å². The van der Waals surface area contributed by atoms with Crippen LogP contribution in [0, 0.1) is 0 Å². The Kier molecular flexibility index (Phi) is 7.14. The molecule has 102 valence electrons. The van der Waals surface area contributed by atoms with E-state index < -0.39 is 0 Å². The number of hydrogen-bond acceptors (Lipinski definition) is 2. The van der Waals surface area contributed by atoms with Crippen molar-refractivity contribution in [2.24, 2.45) is 0 Å². The highest BCUT2D eigenvalue weighted by Crippen LogP contribution is 2.20. The fourth-order valence-electron chi connectivity index (χ4n) is 2.90. The summed E-state index contributed by atoms with van der Waals surface area (Å²) < 4.78 is 5.77. The molecule has 0 amide bonds. The van der Waals surface area contributed by atoms with Gasteiger partial charge < -0.3 is 10.1 Å². The van der Waals surface area contributed by atoms with Crippen molar-refractivity contribution in [2.75, 3.05) is 0 Å². The van der Waals surface area contributed by atoms with Gasteiger partial charge in [0.1, 0.15) is 0 Å². The van der Waals surface area contributed by atoms with Crippen LogP contribution in [0.25, 0.3) is 0 Å². The average Bonchev–Trinajstić information content (AvgIpc) is 2.23. The lowest BCUT2D eigenvalue weighted by atomic mass is 9.98. The van der Waals surface area contributed by atoms with Gasteiger partial charge >= 0.3 is 0 Å². The molecule has 1 aliphatic heterocycles. The fraction of sp³-hybridized carbons (Fsp3) is 1.00. The lowest BCUT2D eigenvalue weighted by Crippen LogP contribution is -2.44. The smallest absolute Gasteiger partial charge is 0.0565 e. The molecule has 1 rings (SSSR count). The van der Waals surface area contributed by atoms with E-state index in [0.29, 0.717) is 24.3 Å². The summed E-state index contributed by atoms with van der Waals surface area (Å²) in [5.41, 5.74) is 0. The summed E-state index contributed by atoms with van der Waals surface area (Å²) in [5, 5.41) is 3.78. The van der Waals surface area contributed by atoms with E-state index in [9.17, 15) is 0 Å². The lowest BCUT2D eigenvalue weighted by molar-refractivity contribution is -0.0434. The van der Waals surface area contributed by atoms with Gasteiger partial charge in [-0.15, -0.1) is 0 Å². The van der Waals surface area contributed by atoms with Crippen molar-refractivity contribution in [3.63, 3.8) is 0 Å². The number of unbranched alkanes of at least 4 members (excludes halogenated alkanes) is 3. The van der Waals surface area contributed by atoms with Gasteiger partial charge in [-0.25, -0.2) is 0 Å². The standard InChI is InChI=1S/C15H31NO/c1-5-6-7-8-9-12(2)16-15-10-13(3)17-14(4)11-15/h12-16H,5-11H2,1-4H3. The van der Waals surface area contributed by atoms with Gasteiger partial charge in [0.2, 0.25) is 0 Å². The summed E-state index contributed by atoms with van der Waals surface area (Å²) in [6, 6.07) is 1.32. The third-order valence-corrected chi connectivity index (χ3v) is 3.71. The molecule has 3 unspecified atom stereocenters. The monoisotopic (exact) mass is 241 g/mol. The molecule has 1 N–H and O–H groups in total. The summed E-state index contributed by atoms with van der Waals surface area (Å²) in [5.74, 6) is 0. The van der Waals surface area contributed by atoms with E-state index in [4.69, 9.17) is 4.74 Å². The number of nitrogens with one attached hydrogen (secondary N) is 1. The molecule has 3 atom stereocenters. The van der Waals surface area contributed by atoms with Crippen LogP contribution >= 0.6 is 0 Å². The Labute approximate surface area is 108 Å². The first-order chi connectivity index (χ1) is 8.11. The van der Waals surface area contributed by atoms with E-state index in [2.05, 4.69) is 33.0 Å². The number of ether oxygens (including phenoxy) is 1. The Bertz CT molecular complexity index is 185. The molecule has 1 aliphatic rings. The van der Waals surface area contributed by atoms with Crippen LogP contribution in [0.2, 0.25) is 0 Å². The molecule has 0 bridgehead atoms. The van der Waals surface area contributed by atoms with Crippen LogP contribution in [0.1, 0.15) is 72.6 Å². The topological polar surface area (TPSA) is 21.3 Å². The first-order valence-electron chi connectivity index (χ1n) is 7.53. The second kappa shape index (κ2) is 8.10. The maximum Gasteiger partial charge on any atom is 0.0565 e. The van der Waals surface area contributed by atoms with Crippen molar-refractivity contribution in [1.82, 2.24) is 5.32 Å². The maximum atomic E-state index is 5.77. The molecular weight excluding hydrogens is 210 g/mol. The third-order valence-electron chi connectivity index (χ3n) is 3.71. The summed E-state index contributed by atoms with van der Waals surface area (Å²) in [6.45, 7) is 8.98. The molecule has 0 radical (unpaired) electrons. The first kappa shape index (κ1) is 15.0. The van der Waals surface area contributed by atoms with Crippen molar-refractivity contribution in [2.45, 2.75) is 96.9 Å². The second-order valence-corrected chi connectivity index (χ2v) is 5.84. The van der Waals surface area contributed by atoms with Crippen molar-refractivity contribution >= 4 is 0 Å². The van der Waals surface area contributed by atoms with Crippen molar-refractivity contribution in [1.29, 1.82) is 0 Å². The number of rotatable bonds is 7. The zero-order chi connectivity index (χ0) is 12.7. The molecule has 2 heteroatoms. The molecular formula is C15H31NO. The molecule has 0 aromatic heterocycles. The van der Waals surface area contributed by atoms with Crippen LogP contribution in [-0.4, -0.2) is 24.3 Å². The predicted octanol–water partition coefficient (Wildman–Crippen LogP) is 3.89. The largest absolute Gasteiger partial charge is 0.375 e. The van der Waals surface area contributed by atoms with Gasteiger partial charge in [-0.05, 0) is 40.0 Å². The Hall–Kier alpha value is -0.0800. The van der Waals surface area contributed by atoms with E-state index in [1.165, 1.54) is 44.9 Å². The van der Waals surface area contributed by atoms with Crippen LogP contribution in [0.3, 0.4) is 0 Å². The number of hydrogen-bond donors (Lipinski definition) is 1. The minimum absolute atomic E-state index is 0.420. The van der Waals surface area contributed by atoms with Crippen LogP contribution < -0.4 is 5.32 Å². The van der Waals surface area contributed by atoms with Crippen LogP contribution in [-0.2, 0) is 4.74 Å². The first-order valence-corrected chi connectivity index (χ1v) is 7.53. The molecule has 0 aromatic rings. The molecule has 17 heavy (non-hydrogen) atoms. The lowest BCUT2D eigenvalue weighted by Gasteiger charge is -2.34. The molecule has 0 spiro atoms. The second-order valence-electron chi connectivity index (χ2n) is 5.84. The van der Waals surface area contributed by atoms with Crippen molar-refractivity contribution in [3.8, 4) is 0 Å². The van der Waals surface area contributed by atoms with E-state index in [0.717, 1.165) is 0 Å². The maximum absolute atomic E-state index is 5.77. The van der Waals surface area contributed by atoms with E-state index >= 15 is 0 Å². The summed E-state index contributed by atoms with van der Waals surface area (Å²) in [7, 11) is 0. The zero-order valence-corrected chi connectivity index (χ0v) is 12.2. The molecule has 1 fully saturated rings. The normalized spacial score (nSPS) is 31.4. The quantitative estimate of drug-likeness (QED) is 0.683. The average molecular weight is 241 g/mol. The van der Waals surface area contributed by atoms with Crippen LogP contribution in [0.15, 0.2) is 0 Å². The van der Waals surface area contributed by atoms with Crippen LogP contribution in [0.5, 0.6) is 0 Å². The van der Waals surface area contributed by atoms with E-state index in [1.54, 1.807) is 0 Å². The summed E-state index contributed by atoms with van der Waals surface area (Å²) in [4.78, 5) is 0. The minimum Gasteiger partial charge on any atom is -0.375 e. The molecule has 2 nitrogen and oxygen atoms in total. The van der Waals surface area contributed by atoms with Gasteiger partial charge in [0.05, 0.1) is 12.2 Å². The fourth-order valence-corrected chi connectivity index (χ4v) is 2.90. The van der Waals surface area contributed by atoms with Gasteiger partial charge in [0.25, 0.3) is 0 Å². The van der Waals surface area contributed by atoms with Gasteiger partial charge in [0, 0.05) is 12.1 Å². The van der Waals surface area contributed by atoms with Gasteiger partial charge in [-0.2, -0.15) is 0 Å². The van der Waals surface area contributed by atoms with E-state index in [1.807, 2.05) is 0 Å². The molecule has 1 saturated heterocycles. The van der Waals surface area contributed by atoms with Gasteiger partial charge in [-0.1, -0.05) is 32.6 Å². The third kappa shape index (κ3) is 6.42. The SMILES string of the molecule is CCCCCCC(C)NC1CC(C)OC(C)C1. The summed E-state index contributed by atoms with van der Waals surface area (Å²) >= 11 is 0. The van der Waals surface area contributed by atoms with Crippen molar-refractivity contribution in [3.05, 3.63) is 0 Å². The van der Waals surface area contributed by atoms with Crippen molar-refractivity contribution < 1.29 is 4.74 Å². The minimum atomic E-state index is 0.420. The molecule has 1 heterocycles. The van der Waals surface area contributed by atoms with Gasteiger partial charge in [-0.3, -0.25) is 0 Å². The molecule has 0 aromatic carbocycles. The van der Waals surface area contributed by atoms with Gasteiger partial charge in [0.15, 0.2) is 0 Å². The Balaban J connectivity index is 2.14.